The van der Waals surface area contributed by atoms with Crippen LogP contribution in [0.25, 0.3) is 10.9 Å². The monoisotopic (exact) mass is 428 g/mol. The lowest BCUT2D eigenvalue weighted by atomic mass is 9.94. The van der Waals surface area contributed by atoms with Gasteiger partial charge in [-0.3, -0.25) is 9.78 Å². The number of nitrogens with zero attached hydrogens (tertiary/aromatic N) is 4. The largest absolute Gasteiger partial charge is 0.355 e. The fourth-order valence-electron chi connectivity index (χ4n) is 4.02. The number of aromatic nitrogens is 2. The van der Waals surface area contributed by atoms with Gasteiger partial charge in [-0.15, -0.1) is 0 Å². The summed E-state index contributed by atoms with van der Waals surface area (Å²) in [5.74, 6) is 1.25. The van der Waals surface area contributed by atoms with Crippen LogP contribution in [0.4, 0.5) is 11.5 Å². The second kappa shape index (κ2) is 8.97. The zero-order valence-electron chi connectivity index (χ0n) is 16.0. The number of pyridine rings is 2. The van der Waals surface area contributed by atoms with E-state index in [1.54, 1.807) is 23.4 Å². The molecule has 1 saturated heterocycles. The van der Waals surface area contributed by atoms with Gasteiger partial charge in [-0.2, -0.15) is 0 Å². The van der Waals surface area contributed by atoms with Gasteiger partial charge in [0.2, 0.25) is 6.41 Å². The Hall–Kier alpha value is -2.37. The smallest absolute Gasteiger partial charge is 0.214 e. The van der Waals surface area contributed by atoms with Crippen molar-refractivity contribution in [3.63, 3.8) is 0 Å². The zero-order chi connectivity index (χ0) is 20.2. The highest BCUT2D eigenvalue weighted by Gasteiger charge is 2.23. The molecule has 0 unspecified atom stereocenters. The third-order valence-corrected chi connectivity index (χ3v) is 5.93. The number of anilines is 2. The van der Waals surface area contributed by atoms with Crippen molar-refractivity contribution >= 4 is 52.0 Å². The molecule has 1 atom stereocenters. The molecule has 3 aromatic rings. The minimum Gasteiger partial charge on any atom is -0.355 e. The molecular formula is C22H22Cl2N4O. The average Bonchev–Trinajstić information content (AvgIpc) is 2.74. The van der Waals surface area contributed by atoms with Crippen LogP contribution in [0.2, 0.25) is 10.0 Å². The summed E-state index contributed by atoms with van der Waals surface area (Å²) in [6.45, 7) is 2.47. The third kappa shape index (κ3) is 4.46. The molecule has 150 valence electrons. The van der Waals surface area contributed by atoms with E-state index in [-0.39, 0.29) is 0 Å². The van der Waals surface area contributed by atoms with E-state index in [0.717, 1.165) is 61.2 Å². The normalized spacial score (nSPS) is 16.8. The maximum atomic E-state index is 11.8. The van der Waals surface area contributed by atoms with Gasteiger partial charge in [-0.1, -0.05) is 29.3 Å². The molecule has 2 aromatic heterocycles. The number of fused-ring (bicyclic) bond motifs is 1. The summed E-state index contributed by atoms with van der Waals surface area (Å²) in [6, 6.07) is 11.5. The van der Waals surface area contributed by atoms with E-state index in [0.29, 0.717) is 22.5 Å². The van der Waals surface area contributed by atoms with Gasteiger partial charge < -0.3 is 9.80 Å². The summed E-state index contributed by atoms with van der Waals surface area (Å²) in [6.07, 6.45) is 7.44. The van der Waals surface area contributed by atoms with Crippen molar-refractivity contribution < 1.29 is 4.79 Å². The van der Waals surface area contributed by atoms with Crippen LogP contribution in [0, 0.1) is 5.92 Å². The fourth-order valence-corrected chi connectivity index (χ4v) is 4.52. The highest BCUT2D eigenvalue weighted by molar-refractivity contribution is 6.36. The molecule has 5 nitrogen and oxygen atoms in total. The predicted octanol–water partition coefficient (Wildman–Crippen LogP) is 5.21. The van der Waals surface area contributed by atoms with Crippen LogP contribution < -0.4 is 9.80 Å². The lowest BCUT2D eigenvalue weighted by molar-refractivity contribution is -0.107. The average molecular weight is 429 g/mol. The second-order valence-corrected chi connectivity index (χ2v) is 8.19. The maximum absolute atomic E-state index is 11.8. The molecule has 1 fully saturated rings. The molecule has 0 spiro atoms. The molecule has 1 aliphatic rings. The van der Waals surface area contributed by atoms with E-state index in [1.165, 1.54) is 0 Å². The maximum Gasteiger partial charge on any atom is 0.214 e. The van der Waals surface area contributed by atoms with Crippen LogP contribution >= 0.6 is 23.2 Å². The van der Waals surface area contributed by atoms with Crippen LogP contribution in [0.3, 0.4) is 0 Å². The van der Waals surface area contributed by atoms with Crippen molar-refractivity contribution in [2.75, 3.05) is 29.4 Å². The van der Waals surface area contributed by atoms with E-state index in [1.807, 2.05) is 30.3 Å². The number of amides is 1. The molecule has 4 rings (SSSR count). The standard InChI is InChI=1S/C22H22Cl2N4O/c23-17-12-19(24)22(26-13-17)27-10-3-4-16(14-27)8-11-28(15-29)21-7-1-6-20-18(21)5-2-9-25-20/h1-2,5-7,9,12-13,15-16H,3-4,8,10-11,14H2/t16-/m0/s1. The van der Waals surface area contributed by atoms with Crippen molar-refractivity contribution in [3.8, 4) is 0 Å². The summed E-state index contributed by atoms with van der Waals surface area (Å²) in [5.41, 5.74) is 1.80. The Morgan fingerprint density at radius 1 is 1.21 bits per heavy atom. The number of benzene rings is 1. The fraction of sp³-hybridized carbons (Fsp3) is 0.318. The van der Waals surface area contributed by atoms with E-state index in [2.05, 4.69) is 14.9 Å². The van der Waals surface area contributed by atoms with Gasteiger partial charge in [0.05, 0.1) is 21.2 Å². The lowest BCUT2D eigenvalue weighted by Crippen LogP contribution is -2.37. The minimum atomic E-state index is 0.466. The summed E-state index contributed by atoms with van der Waals surface area (Å²) in [5, 5.41) is 2.11. The van der Waals surface area contributed by atoms with Crippen LogP contribution in [0.15, 0.2) is 48.8 Å². The Bertz CT molecular complexity index is 1010. The molecule has 7 heteroatoms. The van der Waals surface area contributed by atoms with Crippen molar-refractivity contribution in [2.45, 2.75) is 19.3 Å². The summed E-state index contributed by atoms with van der Waals surface area (Å²) in [7, 11) is 0. The third-order valence-electron chi connectivity index (χ3n) is 5.44. The number of halogens is 2. The van der Waals surface area contributed by atoms with Crippen LogP contribution in [-0.4, -0.2) is 36.0 Å². The van der Waals surface area contributed by atoms with Gasteiger partial charge in [0.15, 0.2) is 0 Å². The number of hydrogen-bond donors (Lipinski definition) is 0. The zero-order valence-corrected chi connectivity index (χ0v) is 17.5. The molecule has 0 saturated carbocycles. The molecular weight excluding hydrogens is 407 g/mol. The molecule has 1 aliphatic heterocycles. The first-order valence-electron chi connectivity index (χ1n) is 9.77. The van der Waals surface area contributed by atoms with Crippen LogP contribution in [-0.2, 0) is 4.79 Å². The molecule has 3 heterocycles. The SMILES string of the molecule is O=CN(CC[C@@H]1CCCN(c2ncc(Cl)cc2Cl)C1)c1cccc2ncccc12. The first-order valence-corrected chi connectivity index (χ1v) is 10.5. The van der Waals surface area contributed by atoms with Gasteiger partial charge >= 0.3 is 0 Å². The van der Waals surface area contributed by atoms with Crippen molar-refractivity contribution in [1.29, 1.82) is 0 Å². The molecule has 0 N–H and O–H groups in total. The minimum absolute atomic E-state index is 0.466. The summed E-state index contributed by atoms with van der Waals surface area (Å²) < 4.78 is 0. The number of carbonyl (C=O) groups is 1. The Balaban J connectivity index is 1.45. The first kappa shape index (κ1) is 19.9. The Labute approximate surface area is 180 Å². The van der Waals surface area contributed by atoms with Crippen LogP contribution in [0.1, 0.15) is 19.3 Å². The lowest BCUT2D eigenvalue weighted by Gasteiger charge is -2.34. The summed E-state index contributed by atoms with van der Waals surface area (Å²) >= 11 is 12.3. The van der Waals surface area contributed by atoms with Gasteiger partial charge in [-0.25, -0.2) is 4.98 Å². The number of rotatable bonds is 6. The van der Waals surface area contributed by atoms with Gasteiger partial charge in [-0.05, 0) is 55.5 Å². The van der Waals surface area contributed by atoms with Crippen molar-refractivity contribution in [1.82, 2.24) is 9.97 Å². The molecule has 29 heavy (non-hydrogen) atoms. The molecule has 1 amide bonds. The van der Waals surface area contributed by atoms with Crippen LogP contribution in [0.5, 0.6) is 0 Å². The molecule has 1 aromatic carbocycles. The topological polar surface area (TPSA) is 49.3 Å². The predicted molar refractivity (Wildman–Crippen MR) is 119 cm³/mol. The van der Waals surface area contributed by atoms with Crippen molar-refractivity contribution in [3.05, 3.63) is 58.8 Å². The number of hydrogen-bond acceptors (Lipinski definition) is 4. The van der Waals surface area contributed by atoms with Crippen molar-refractivity contribution in [2.24, 2.45) is 5.92 Å². The second-order valence-electron chi connectivity index (χ2n) is 7.35. The highest BCUT2D eigenvalue weighted by atomic mass is 35.5. The van der Waals surface area contributed by atoms with E-state index < -0.39 is 0 Å². The highest BCUT2D eigenvalue weighted by Crippen LogP contribution is 2.31. The van der Waals surface area contributed by atoms with Gasteiger partial charge in [0.25, 0.3) is 0 Å². The van der Waals surface area contributed by atoms with Gasteiger partial charge in [0.1, 0.15) is 5.82 Å². The van der Waals surface area contributed by atoms with E-state index in [4.69, 9.17) is 23.2 Å². The Morgan fingerprint density at radius 3 is 2.93 bits per heavy atom. The molecule has 0 aliphatic carbocycles. The Kier molecular flexibility index (Phi) is 6.16. The van der Waals surface area contributed by atoms with E-state index >= 15 is 0 Å². The number of piperidine rings is 1. The molecule has 0 radical (unpaired) electrons. The Morgan fingerprint density at radius 2 is 2.10 bits per heavy atom. The summed E-state index contributed by atoms with van der Waals surface area (Å²) in [4.78, 5) is 24.7. The quantitative estimate of drug-likeness (QED) is 0.505. The first-order chi connectivity index (χ1) is 14.2. The number of carbonyl (C=O) groups excluding carboxylic acids is 1. The van der Waals surface area contributed by atoms with Gasteiger partial charge in [0, 0.05) is 37.4 Å². The van der Waals surface area contributed by atoms with E-state index in [9.17, 15) is 4.79 Å². The molecule has 0 bridgehead atoms.